The van der Waals surface area contributed by atoms with Crippen LogP contribution in [0.2, 0.25) is 10.0 Å². The first-order chi connectivity index (χ1) is 12.0. The zero-order chi connectivity index (χ0) is 17.6. The minimum atomic E-state index is -0.973. The molecule has 0 radical (unpaired) electrons. The summed E-state index contributed by atoms with van der Waals surface area (Å²) >= 11 is 12.4. The molecule has 0 aromatic heterocycles. The topological polar surface area (TPSA) is 49.4 Å². The van der Waals surface area contributed by atoms with Gasteiger partial charge in [0, 0.05) is 15.6 Å². The van der Waals surface area contributed by atoms with E-state index in [9.17, 15) is 9.59 Å². The molecule has 25 heavy (non-hydrogen) atoms. The van der Waals surface area contributed by atoms with Crippen molar-refractivity contribution >= 4 is 35.1 Å². The molecule has 2 aromatic carbocycles. The summed E-state index contributed by atoms with van der Waals surface area (Å²) in [6.07, 6.45) is 2.36. The Kier molecular flexibility index (Phi) is 3.97. The number of hydrogen-bond acceptors (Lipinski definition) is 2. The van der Waals surface area contributed by atoms with Crippen molar-refractivity contribution in [2.45, 2.75) is 31.3 Å². The molecule has 1 fully saturated rings. The third kappa shape index (κ3) is 2.52. The largest absolute Gasteiger partial charge is 0.325 e. The molecule has 6 heteroatoms. The Balaban J connectivity index is 1.73. The monoisotopic (exact) mass is 374 g/mol. The molecule has 2 aliphatic rings. The van der Waals surface area contributed by atoms with Crippen molar-refractivity contribution in [3.05, 3.63) is 69.2 Å². The zero-order valence-electron chi connectivity index (χ0n) is 13.4. The van der Waals surface area contributed by atoms with Crippen molar-refractivity contribution in [1.29, 1.82) is 0 Å². The normalized spacial score (nSPS) is 22.2. The molecule has 3 amide bonds. The maximum absolute atomic E-state index is 13.2. The van der Waals surface area contributed by atoms with Gasteiger partial charge < -0.3 is 5.32 Å². The molecule has 4 nitrogen and oxygen atoms in total. The van der Waals surface area contributed by atoms with Gasteiger partial charge in [-0.2, -0.15) is 0 Å². The van der Waals surface area contributed by atoms with Crippen LogP contribution in [0.1, 0.15) is 29.5 Å². The fourth-order valence-corrected chi connectivity index (χ4v) is 4.31. The molecule has 0 unspecified atom stereocenters. The van der Waals surface area contributed by atoms with E-state index in [1.165, 1.54) is 4.90 Å². The highest BCUT2D eigenvalue weighted by atomic mass is 35.5. The molecule has 1 atom stereocenters. The van der Waals surface area contributed by atoms with E-state index >= 15 is 0 Å². The molecule has 0 bridgehead atoms. The van der Waals surface area contributed by atoms with Crippen molar-refractivity contribution in [1.82, 2.24) is 10.2 Å². The van der Waals surface area contributed by atoms with Crippen molar-refractivity contribution < 1.29 is 9.59 Å². The first-order valence-electron chi connectivity index (χ1n) is 8.18. The van der Waals surface area contributed by atoms with Crippen molar-refractivity contribution in [3.63, 3.8) is 0 Å². The summed E-state index contributed by atoms with van der Waals surface area (Å²) in [5.74, 6) is -0.236. The average molecular weight is 375 g/mol. The number of rotatable bonds is 2. The summed E-state index contributed by atoms with van der Waals surface area (Å²) in [7, 11) is 0. The third-order valence-corrected chi connectivity index (χ3v) is 5.74. The first-order valence-corrected chi connectivity index (χ1v) is 8.94. The van der Waals surface area contributed by atoms with Crippen LogP contribution in [0, 0.1) is 0 Å². The average Bonchev–Trinajstić information content (AvgIpc) is 2.83. The molecule has 1 heterocycles. The molecule has 1 aliphatic carbocycles. The first kappa shape index (κ1) is 16.4. The lowest BCUT2D eigenvalue weighted by molar-refractivity contribution is -0.132. The van der Waals surface area contributed by atoms with Gasteiger partial charge in [-0.05, 0) is 42.5 Å². The smallest absolute Gasteiger partial charge is 0.319 e. The summed E-state index contributed by atoms with van der Waals surface area (Å²) in [4.78, 5) is 27.1. The Morgan fingerprint density at radius 2 is 1.76 bits per heavy atom. The van der Waals surface area contributed by atoms with Gasteiger partial charge in [0.2, 0.25) is 0 Å². The zero-order valence-corrected chi connectivity index (χ0v) is 14.9. The minimum absolute atomic E-state index is 0.0626. The second-order valence-corrected chi connectivity index (χ2v) is 7.25. The van der Waals surface area contributed by atoms with Gasteiger partial charge in [-0.1, -0.05) is 53.5 Å². The van der Waals surface area contributed by atoms with Gasteiger partial charge in [-0.3, -0.25) is 9.69 Å². The number of hydrogen-bond donors (Lipinski definition) is 1. The summed E-state index contributed by atoms with van der Waals surface area (Å²) in [6.45, 7) is 0.0626. The lowest BCUT2D eigenvalue weighted by atomic mass is 9.76. The van der Waals surface area contributed by atoms with E-state index in [2.05, 4.69) is 5.32 Å². The molecular formula is C19H16Cl2N2O2. The van der Waals surface area contributed by atoms with Crippen LogP contribution in [-0.4, -0.2) is 16.8 Å². The fraction of sp³-hybridized carbons (Fsp3) is 0.263. The van der Waals surface area contributed by atoms with Crippen LogP contribution >= 0.6 is 23.2 Å². The van der Waals surface area contributed by atoms with Crippen molar-refractivity contribution in [3.8, 4) is 0 Å². The molecule has 2 aromatic rings. The van der Waals surface area contributed by atoms with E-state index in [0.29, 0.717) is 22.0 Å². The van der Waals surface area contributed by atoms with Crippen LogP contribution in [0.3, 0.4) is 0 Å². The van der Waals surface area contributed by atoms with Gasteiger partial charge in [-0.15, -0.1) is 0 Å². The number of imide groups is 1. The summed E-state index contributed by atoms with van der Waals surface area (Å²) in [6, 6.07) is 12.5. The number of fused-ring (bicyclic) bond motifs is 2. The Labute approximate surface area is 155 Å². The van der Waals surface area contributed by atoms with E-state index in [-0.39, 0.29) is 12.5 Å². The van der Waals surface area contributed by atoms with Crippen molar-refractivity contribution in [2.75, 3.05) is 0 Å². The van der Waals surface area contributed by atoms with Gasteiger partial charge in [0.1, 0.15) is 5.54 Å². The molecular weight excluding hydrogens is 359 g/mol. The van der Waals surface area contributed by atoms with Crippen LogP contribution in [-0.2, 0) is 23.3 Å². The predicted octanol–water partition coefficient (Wildman–Crippen LogP) is 4.28. The number of carbonyl (C=O) groups excluding carboxylic acids is 2. The highest BCUT2D eigenvalue weighted by Gasteiger charge is 2.53. The quantitative estimate of drug-likeness (QED) is 0.797. The van der Waals surface area contributed by atoms with Crippen LogP contribution in [0.4, 0.5) is 4.79 Å². The predicted molar refractivity (Wildman–Crippen MR) is 96.6 cm³/mol. The van der Waals surface area contributed by atoms with E-state index in [0.717, 1.165) is 24.0 Å². The molecule has 1 aliphatic heterocycles. The van der Waals surface area contributed by atoms with Crippen LogP contribution < -0.4 is 5.32 Å². The number of aryl methyl sites for hydroxylation is 1. The number of nitrogens with zero attached hydrogens (tertiary/aromatic N) is 1. The fourth-order valence-electron chi connectivity index (χ4n) is 3.80. The van der Waals surface area contributed by atoms with Gasteiger partial charge >= 0.3 is 6.03 Å². The number of halogens is 2. The lowest BCUT2D eigenvalue weighted by Crippen LogP contribution is -2.46. The van der Waals surface area contributed by atoms with E-state index in [1.807, 2.05) is 24.3 Å². The van der Waals surface area contributed by atoms with Crippen molar-refractivity contribution in [2.24, 2.45) is 0 Å². The maximum atomic E-state index is 13.2. The van der Waals surface area contributed by atoms with Crippen LogP contribution in [0.15, 0.2) is 42.5 Å². The van der Waals surface area contributed by atoms with Gasteiger partial charge in [0.25, 0.3) is 5.91 Å². The SMILES string of the molecule is O=C1N[C@]2(CCCc3ccccc32)C(=O)N1Cc1c(Cl)cccc1Cl. The number of urea groups is 1. The summed E-state index contributed by atoms with van der Waals surface area (Å²) in [5, 5.41) is 3.82. The number of amides is 3. The Morgan fingerprint density at radius 1 is 1.04 bits per heavy atom. The lowest BCUT2D eigenvalue weighted by Gasteiger charge is -2.33. The second-order valence-electron chi connectivity index (χ2n) is 6.44. The molecule has 4 rings (SSSR count). The third-order valence-electron chi connectivity index (χ3n) is 5.03. The Morgan fingerprint density at radius 3 is 2.52 bits per heavy atom. The number of carbonyl (C=O) groups is 2. The molecule has 0 saturated carbocycles. The molecule has 128 valence electrons. The summed E-state index contributed by atoms with van der Waals surface area (Å²) < 4.78 is 0. The second kappa shape index (κ2) is 6.04. The minimum Gasteiger partial charge on any atom is -0.319 e. The standard InChI is InChI=1S/C19H16Cl2N2O2/c20-15-8-3-9-16(21)13(15)11-23-17(24)19(22-18(23)25)10-4-6-12-5-1-2-7-14(12)19/h1-3,5,7-9H,4,6,10-11H2,(H,22,25)/t19-/m0/s1. The maximum Gasteiger partial charge on any atom is 0.325 e. The van der Waals surface area contributed by atoms with Gasteiger partial charge in [0.05, 0.1) is 6.54 Å². The molecule has 1 spiro atoms. The van der Waals surface area contributed by atoms with Gasteiger partial charge in [-0.25, -0.2) is 4.79 Å². The Hall–Kier alpha value is -2.04. The van der Waals surface area contributed by atoms with Gasteiger partial charge in [0.15, 0.2) is 0 Å². The highest BCUT2D eigenvalue weighted by Crippen LogP contribution is 2.40. The highest BCUT2D eigenvalue weighted by molar-refractivity contribution is 6.36. The van der Waals surface area contributed by atoms with Crippen LogP contribution in [0.25, 0.3) is 0 Å². The Bertz CT molecular complexity index is 863. The number of benzene rings is 2. The van der Waals surface area contributed by atoms with E-state index < -0.39 is 11.6 Å². The number of nitrogens with one attached hydrogen (secondary N) is 1. The summed E-state index contributed by atoms with van der Waals surface area (Å²) in [5.41, 5.74) is 1.61. The van der Waals surface area contributed by atoms with Crippen LogP contribution in [0.5, 0.6) is 0 Å². The van der Waals surface area contributed by atoms with E-state index in [1.54, 1.807) is 18.2 Å². The molecule has 1 N–H and O–H groups in total. The molecule has 1 saturated heterocycles. The van der Waals surface area contributed by atoms with E-state index in [4.69, 9.17) is 23.2 Å².